The van der Waals surface area contributed by atoms with Crippen molar-refractivity contribution in [1.29, 1.82) is 0 Å². The lowest BCUT2D eigenvalue weighted by Gasteiger charge is -2.36. The van der Waals surface area contributed by atoms with Crippen molar-refractivity contribution >= 4 is 16.7 Å². The predicted octanol–water partition coefficient (Wildman–Crippen LogP) is 0.794. The number of Topliss-reactive ketones (excluding diaryl/α,β-unsaturated/α-hetero) is 1. The van der Waals surface area contributed by atoms with Crippen LogP contribution in [0.25, 0.3) is 10.9 Å². The Morgan fingerprint density at radius 2 is 1.86 bits per heavy atom. The van der Waals surface area contributed by atoms with Crippen molar-refractivity contribution in [1.82, 2.24) is 4.57 Å². The van der Waals surface area contributed by atoms with Crippen molar-refractivity contribution < 1.29 is 19.3 Å². The molecule has 1 saturated carbocycles. The Morgan fingerprint density at radius 1 is 1.14 bits per heavy atom. The van der Waals surface area contributed by atoms with Crippen LogP contribution in [-0.2, 0) is 7.05 Å². The molecule has 4 rings (SSSR count). The molecule has 2 fully saturated rings. The summed E-state index contributed by atoms with van der Waals surface area (Å²) < 4.78 is 7.52. The number of nitrogens with zero attached hydrogens (tertiary/aromatic N) is 1. The van der Waals surface area contributed by atoms with Gasteiger partial charge in [-0.2, -0.15) is 0 Å². The maximum atomic E-state index is 13.3. The Labute approximate surface area is 168 Å². The molecule has 5 heteroatoms. The number of quaternary nitrogens is 2. The molecule has 2 aromatic rings. The second-order valence-corrected chi connectivity index (χ2v) is 8.75. The topological polar surface area (TPSA) is 40.1 Å². The van der Waals surface area contributed by atoms with E-state index < -0.39 is 0 Å². The van der Waals surface area contributed by atoms with Gasteiger partial charge in [0.05, 0.1) is 18.7 Å². The fourth-order valence-electron chi connectivity index (χ4n) is 5.37. The zero-order chi connectivity index (χ0) is 19.7. The number of piperazine rings is 1. The molecule has 2 heterocycles. The fourth-order valence-corrected chi connectivity index (χ4v) is 5.37. The molecule has 0 spiro atoms. The van der Waals surface area contributed by atoms with Gasteiger partial charge >= 0.3 is 0 Å². The number of nitrogens with one attached hydrogen (secondary N) is 2. The highest BCUT2D eigenvalue weighted by atomic mass is 16.5. The van der Waals surface area contributed by atoms with Gasteiger partial charge in [0.1, 0.15) is 38.5 Å². The first-order valence-corrected chi connectivity index (χ1v) is 10.9. The number of aromatic nitrogens is 1. The minimum absolute atomic E-state index is 0.271. The average Bonchev–Trinajstić information content (AvgIpc) is 2.99. The first-order valence-electron chi connectivity index (χ1n) is 10.9. The van der Waals surface area contributed by atoms with Crippen LogP contribution in [0.2, 0.25) is 0 Å². The van der Waals surface area contributed by atoms with Gasteiger partial charge in [0.25, 0.3) is 0 Å². The number of ether oxygens (including phenoxy) is 1. The molecule has 1 aromatic carbocycles. The Hall–Kier alpha value is -1.85. The van der Waals surface area contributed by atoms with E-state index in [1.807, 2.05) is 19.2 Å². The van der Waals surface area contributed by atoms with Crippen LogP contribution in [0.4, 0.5) is 0 Å². The average molecular weight is 386 g/mol. The molecule has 1 aliphatic heterocycles. The van der Waals surface area contributed by atoms with E-state index in [9.17, 15) is 4.79 Å². The van der Waals surface area contributed by atoms with Gasteiger partial charge in [-0.05, 0) is 50.8 Å². The highest BCUT2D eigenvalue weighted by Crippen LogP contribution is 2.28. The third-order valence-electron chi connectivity index (χ3n) is 7.17. The summed E-state index contributed by atoms with van der Waals surface area (Å²) in [6.07, 6.45) is 7.05. The van der Waals surface area contributed by atoms with E-state index in [4.69, 9.17) is 4.74 Å². The van der Waals surface area contributed by atoms with Crippen LogP contribution in [0.3, 0.4) is 0 Å². The molecule has 1 saturated heterocycles. The van der Waals surface area contributed by atoms with Crippen molar-refractivity contribution in [3.05, 3.63) is 29.5 Å². The number of hydrogen-bond donors (Lipinski definition) is 2. The van der Waals surface area contributed by atoms with Gasteiger partial charge in [0.15, 0.2) is 0 Å². The van der Waals surface area contributed by atoms with Crippen LogP contribution in [0, 0.1) is 6.92 Å². The van der Waals surface area contributed by atoms with Crippen LogP contribution in [0.5, 0.6) is 5.75 Å². The maximum absolute atomic E-state index is 13.3. The van der Waals surface area contributed by atoms with Crippen LogP contribution in [0.15, 0.2) is 18.2 Å². The number of hydrogen-bond acceptors (Lipinski definition) is 2. The summed E-state index contributed by atoms with van der Waals surface area (Å²) in [5.74, 6) is 1.08. The summed E-state index contributed by atoms with van der Waals surface area (Å²) in [6, 6.07) is 6.90. The van der Waals surface area contributed by atoms with Crippen LogP contribution in [0.1, 0.15) is 48.2 Å². The second kappa shape index (κ2) is 8.26. The fraction of sp³-hybridized carbons (Fsp3) is 0.609. The molecule has 5 nitrogen and oxygen atoms in total. The number of methoxy groups -OCH3 is 1. The smallest absolute Gasteiger partial charge is 0.219 e. The highest BCUT2D eigenvalue weighted by Gasteiger charge is 2.32. The quantitative estimate of drug-likeness (QED) is 0.748. The van der Waals surface area contributed by atoms with E-state index in [2.05, 4.69) is 17.6 Å². The molecule has 0 unspecified atom stereocenters. The summed E-state index contributed by atoms with van der Waals surface area (Å²) in [5, 5.41) is 1.02. The Kier molecular flexibility index (Phi) is 5.74. The van der Waals surface area contributed by atoms with Crippen LogP contribution < -0.4 is 14.5 Å². The van der Waals surface area contributed by atoms with E-state index >= 15 is 0 Å². The highest BCUT2D eigenvalue weighted by molar-refractivity contribution is 6.10. The molecule has 152 valence electrons. The zero-order valence-electron chi connectivity index (χ0n) is 17.6. The van der Waals surface area contributed by atoms with Crippen molar-refractivity contribution in [2.45, 2.75) is 45.1 Å². The normalized spacial score (nSPS) is 23.8. The standard InChI is InChI=1S/C23H33N3O2/c1-17-23(20-15-19(28-3)9-10-21(20)24(17)2)22(27)16-25-11-13-26(14-12-25)18-7-5-4-6-8-18/h9-10,15,18H,4-8,11-14,16H2,1-3H3/p+2. The Bertz CT molecular complexity index is 843. The number of aryl methyl sites for hydroxylation is 1. The molecule has 0 radical (unpaired) electrons. The number of fused-ring (bicyclic) bond motifs is 1. The monoisotopic (exact) mass is 385 g/mol. The molecule has 28 heavy (non-hydrogen) atoms. The minimum atomic E-state index is 0.271. The summed E-state index contributed by atoms with van der Waals surface area (Å²) in [6.45, 7) is 7.33. The van der Waals surface area contributed by atoms with Crippen molar-refractivity contribution in [3.63, 3.8) is 0 Å². The van der Waals surface area contributed by atoms with Crippen LogP contribution in [-0.4, -0.2) is 56.2 Å². The molecule has 0 amide bonds. The molecule has 0 atom stereocenters. The lowest BCUT2D eigenvalue weighted by Crippen LogP contribution is -3.30. The molecule has 2 aliphatic rings. The summed E-state index contributed by atoms with van der Waals surface area (Å²) in [7, 11) is 3.72. The first-order chi connectivity index (χ1) is 13.6. The molecular weight excluding hydrogens is 350 g/mol. The van der Waals surface area contributed by atoms with Gasteiger partial charge in [-0.1, -0.05) is 6.42 Å². The second-order valence-electron chi connectivity index (χ2n) is 8.75. The summed E-state index contributed by atoms with van der Waals surface area (Å²) in [5.41, 5.74) is 3.04. The lowest BCUT2D eigenvalue weighted by atomic mass is 9.94. The van der Waals surface area contributed by atoms with E-state index in [0.717, 1.165) is 47.0 Å². The van der Waals surface area contributed by atoms with E-state index in [0.29, 0.717) is 6.54 Å². The third kappa shape index (κ3) is 3.70. The Balaban J connectivity index is 1.45. The van der Waals surface area contributed by atoms with Crippen molar-refractivity contribution in [2.75, 3.05) is 39.8 Å². The molecule has 2 N–H and O–H groups in total. The lowest BCUT2D eigenvalue weighted by molar-refractivity contribution is -1.02. The number of ketones is 1. The van der Waals surface area contributed by atoms with Gasteiger partial charge in [0.2, 0.25) is 5.78 Å². The number of benzene rings is 1. The largest absolute Gasteiger partial charge is 0.497 e. The van der Waals surface area contributed by atoms with Gasteiger partial charge in [-0.25, -0.2) is 0 Å². The van der Waals surface area contributed by atoms with Gasteiger partial charge < -0.3 is 19.1 Å². The molecule has 1 aromatic heterocycles. The number of carbonyl (C=O) groups excluding carboxylic acids is 1. The van der Waals surface area contributed by atoms with E-state index in [-0.39, 0.29) is 5.78 Å². The first kappa shape index (κ1) is 19.5. The van der Waals surface area contributed by atoms with Crippen LogP contribution >= 0.6 is 0 Å². The van der Waals surface area contributed by atoms with E-state index in [1.54, 1.807) is 12.0 Å². The van der Waals surface area contributed by atoms with Crippen molar-refractivity contribution in [3.8, 4) is 5.75 Å². The molecule has 0 bridgehead atoms. The van der Waals surface area contributed by atoms with Gasteiger partial charge in [-0.15, -0.1) is 0 Å². The minimum Gasteiger partial charge on any atom is -0.497 e. The number of rotatable bonds is 5. The Morgan fingerprint density at radius 3 is 2.54 bits per heavy atom. The van der Waals surface area contributed by atoms with E-state index in [1.165, 1.54) is 50.1 Å². The summed E-state index contributed by atoms with van der Waals surface area (Å²) in [4.78, 5) is 16.5. The third-order valence-corrected chi connectivity index (χ3v) is 7.17. The molecular formula is C23H35N3O2+2. The van der Waals surface area contributed by atoms with Crippen molar-refractivity contribution in [2.24, 2.45) is 7.05 Å². The zero-order valence-corrected chi connectivity index (χ0v) is 17.6. The van der Waals surface area contributed by atoms with Gasteiger partial charge in [-0.3, -0.25) is 4.79 Å². The predicted molar refractivity (Wildman–Crippen MR) is 112 cm³/mol. The maximum Gasteiger partial charge on any atom is 0.219 e. The number of carbonyl (C=O) groups is 1. The van der Waals surface area contributed by atoms with Gasteiger partial charge in [0, 0.05) is 23.6 Å². The molecule has 1 aliphatic carbocycles. The SMILES string of the molecule is COc1ccc2c(c1)c(C(=O)C[NH+]1CC[NH+](C3CCCCC3)CC1)c(C)n2C. The summed E-state index contributed by atoms with van der Waals surface area (Å²) >= 11 is 0.